The van der Waals surface area contributed by atoms with Gasteiger partial charge in [0.15, 0.2) is 11.5 Å². The second-order valence-corrected chi connectivity index (χ2v) is 8.97. The summed E-state index contributed by atoms with van der Waals surface area (Å²) >= 11 is 0. The van der Waals surface area contributed by atoms with E-state index in [0.29, 0.717) is 18.0 Å². The highest BCUT2D eigenvalue weighted by Crippen LogP contribution is 2.28. The molecule has 1 aromatic rings. The molecule has 0 aromatic heterocycles. The van der Waals surface area contributed by atoms with Gasteiger partial charge in [0.05, 0.1) is 20.3 Å². The summed E-state index contributed by atoms with van der Waals surface area (Å²) in [4.78, 5) is 4.77. The van der Waals surface area contributed by atoms with Gasteiger partial charge in [-0.05, 0) is 57.5 Å². The summed E-state index contributed by atoms with van der Waals surface area (Å²) in [5.74, 6) is 1.38. The highest BCUT2D eigenvalue weighted by Gasteiger charge is 2.27. The highest BCUT2D eigenvalue weighted by atomic mass is 16.5. The van der Waals surface area contributed by atoms with E-state index in [1.54, 1.807) is 7.11 Å². The number of methoxy groups -OCH3 is 1. The van der Waals surface area contributed by atoms with E-state index in [1.807, 2.05) is 12.1 Å². The summed E-state index contributed by atoms with van der Waals surface area (Å²) in [6, 6.07) is 6.00. The molecule has 0 aliphatic carbocycles. The van der Waals surface area contributed by atoms with Crippen molar-refractivity contribution in [2.45, 2.75) is 44.9 Å². The number of hydrogen-bond acceptors (Lipinski definition) is 7. The molecule has 2 fully saturated rings. The number of nitrogens with zero attached hydrogens (tertiary/aromatic N) is 2. The van der Waals surface area contributed by atoms with Crippen LogP contribution in [-0.2, 0) is 11.3 Å². The smallest absolute Gasteiger partial charge is 0.161 e. The molecule has 30 heavy (non-hydrogen) atoms. The summed E-state index contributed by atoms with van der Waals surface area (Å²) in [7, 11) is 1.65. The highest BCUT2D eigenvalue weighted by molar-refractivity contribution is 5.43. The standard InChI is InChI=1S/C23H39N3O4/c1-23(2,26-10-12-29-13-11-26)18-24-15-19-6-7-21(22(14-19)28-3)30-17-20(27)16-25-8-4-5-9-25/h6-7,14,20,24,27H,4-5,8-13,15-18H2,1-3H3. The zero-order valence-electron chi connectivity index (χ0n) is 18.9. The van der Waals surface area contributed by atoms with Crippen LogP contribution in [-0.4, -0.2) is 92.7 Å². The number of aliphatic hydroxyl groups is 1. The van der Waals surface area contributed by atoms with Crippen LogP contribution in [0.1, 0.15) is 32.3 Å². The predicted octanol–water partition coefficient (Wildman–Crippen LogP) is 1.73. The summed E-state index contributed by atoms with van der Waals surface area (Å²) in [5.41, 5.74) is 1.23. The van der Waals surface area contributed by atoms with Gasteiger partial charge in [-0.3, -0.25) is 4.90 Å². The summed E-state index contributed by atoms with van der Waals surface area (Å²) < 4.78 is 16.8. The van der Waals surface area contributed by atoms with Gasteiger partial charge >= 0.3 is 0 Å². The van der Waals surface area contributed by atoms with Crippen molar-refractivity contribution in [1.29, 1.82) is 0 Å². The molecule has 170 valence electrons. The molecule has 0 amide bonds. The van der Waals surface area contributed by atoms with Crippen LogP contribution in [0.25, 0.3) is 0 Å². The number of morpholine rings is 1. The Hall–Kier alpha value is -1.38. The number of β-amino-alcohol motifs (C(OH)–C–C–N with tert-alkyl or cyclic N) is 1. The Morgan fingerprint density at radius 3 is 2.57 bits per heavy atom. The minimum Gasteiger partial charge on any atom is -0.493 e. The minimum absolute atomic E-state index is 0.0857. The van der Waals surface area contributed by atoms with Crippen molar-refractivity contribution < 1.29 is 19.3 Å². The first-order valence-electron chi connectivity index (χ1n) is 11.2. The van der Waals surface area contributed by atoms with Crippen LogP contribution in [0.5, 0.6) is 11.5 Å². The van der Waals surface area contributed by atoms with E-state index in [1.165, 1.54) is 12.8 Å². The SMILES string of the molecule is COc1cc(CNCC(C)(C)N2CCOCC2)ccc1OCC(O)CN1CCCC1. The molecule has 1 aromatic carbocycles. The van der Waals surface area contributed by atoms with Crippen LogP contribution in [0, 0.1) is 0 Å². The summed E-state index contributed by atoms with van der Waals surface area (Å²) in [6.45, 7) is 12.9. The zero-order valence-corrected chi connectivity index (χ0v) is 18.9. The molecular weight excluding hydrogens is 382 g/mol. The minimum atomic E-state index is -0.489. The van der Waals surface area contributed by atoms with E-state index in [9.17, 15) is 5.11 Å². The van der Waals surface area contributed by atoms with E-state index in [0.717, 1.165) is 58.0 Å². The van der Waals surface area contributed by atoms with Crippen molar-refractivity contribution in [1.82, 2.24) is 15.1 Å². The first-order chi connectivity index (χ1) is 14.5. The third-order valence-electron chi connectivity index (χ3n) is 6.08. The molecule has 1 unspecified atom stereocenters. The molecule has 0 saturated carbocycles. The third kappa shape index (κ3) is 6.82. The van der Waals surface area contributed by atoms with Gasteiger partial charge in [0.1, 0.15) is 12.7 Å². The number of rotatable bonds is 11. The molecular formula is C23H39N3O4. The van der Waals surface area contributed by atoms with Crippen molar-refractivity contribution in [2.24, 2.45) is 0 Å². The lowest BCUT2D eigenvalue weighted by Gasteiger charge is -2.41. The van der Waals surface area contributed by atoms with Gasteiger partial charge in [0.2, 0.25) is 0 Å². The van der Waals surface area contributed by atoms with Crippen LogP contribution in [0.3, 0.4) is 0 Å². The lowest BCUT2D eigenvalue weighted by atomic mass is 10.0. The average molecular weight is 422 g/mol. The Labute approximate surface area is 181 Å². The number of ether oxygens (including phenoxy) is 3. The Balaban J connectivity index is 1.46. The zero-order chi connectivity index (χ0) is 21.4. The lowest BCUT2D eigenvalue weighted by Crippen LogP contribution is -2.54. The normalized spacial score (nSPS) is 19.7. The first kappa shape index (κ1) is 23.3. The van der Waals surface area contributed by atoms with Gasteiger partial charge in [-0.25, -0.2) is 0 Å². The largest absolute Gasteiger partial charge is 0.493 e. The average Bonchev–Trinajstić information content (AvgIpc) is 3.26. The van der Waals surface area contributed by atoms with Gasteiger partial charge in [-0.2, -0.15) is 0 Å². The summed E-state index contributed by atoms with van der Waals surface area (Å²) in [6.07, 6.45) is 1.96. The van der Waals surface area contributed by atoms with Crippen molar-refractivity contribution in [3.8, 4) is 11.5 Å². The Morgan fingerprint density at radius 2 is 1.87 bits per heavy atom. The Bertz CT molecular complexity index is 643. The Kier molecular flexibility index (Phi) is 8.77. The van der Waals surface area contributed by atoms with Crippen LogP contribution in [0.2, 0.25) is 0 Å². The maximum atomic E-state index is 10.3. The van der Waals surface area contributed by atoms with Crippen LogP contribution < -0.4 is 14.8 Å². The van der Waals surface area contributed by atoms with Crippen molar-refractivity contribution in [3.63, 3.8) is 0 Å². The molecule has 2 aliphatic heterocycles. The fraction of sp³-hybridized carbons (Fsp3) is 0.739. The second kappa shape index (κ2) is 11.3. The van der Waals surface area contributed by atoms with Crippen molar-refractivity contribution in [3.05, 3.63) is 23.8 Å². The quantitative estimate of drug-likeness (QED) is 0.564. The molecule has 0 spiro atoms. The van der Waals surface area contributed by atoms with Gasteiger partial charge in [-0.15, -0.1) is 0 Å². The molecule has 3 rings (SSSR count). The van der Waals surface area contributed by atoms with Crippen LogP contribution in [0.15, 0.2) is 18.2 Å². The van der Waals surface area contributed by atoms with Crippen molar-refractivity contribution >= 4 is 0 Å². The van der Waals surface area contributed by atoms with Gasteiger partial charge < -0.3 is 29.5 Å². The lowest BCUT2D eigenvalue weighted by molar-refractivity contribution is -0.00967. The monoisotopic (exact) mass is 421 g/mol. The van der Waals surface area contributed by atoms with Gasteiger partial charge in [0.25, 0.3) is 0 Å². The topological polar surface area (TPSA) is 66.4 Å². The van der Waals surface area contributed by atoms with Crippen molar-refractivity contribution in [2.75, 3.05) is 66.2 Å². The van der Waals surface area contributed by atoms with Crippen LogP contribution in [0.4, 0.5) is 0 Å². The third-order valence-corrected chi connectivity index (χ3v) is 6.08. The van der Waals surface area contributed by atoms with Gasteiger partial charge in [0, 0.05) is 38.3 Å². The molecule has 0 bridgehead atoms. The van der Waals surface area contributed by atoms with E-state index in [2.05, 4.69) is 35.0 Å². The molecule has 2 saturated heterocycles. The molecule has 7 heteroatoms. The van der Waals surface area contributed by atoms with E-state index >= 15 is 0 Å². The number of hydrogen-bond donors (Lipinski definition) is 2. The van der Waals surface area contributed by atoms with E-state index in [-0.39, 0.29) is 12.1 Å². The number of likely N-dealkylation sites (tertiary alicyclic amines) is 1. The maximum Gasteiger partial charge on any atom is 0.161 e. The first-order valence-corrected chi connectivity index (χ1v) is 11.2. The maximum absolute atomic E-state index is 10.3. The number of nitrogens with one attached hydrogen (secondary N) is 1. The molecule has 0 radical (unpaired) electrons. The Morgan fingerprint density at radius 1 is 1.13 bits per heavy atom. The van der Waals surface area contributed by atoms with Gasteiger partial charge in [-0.1, -0.05) is 6.07 Å². The van der Waals surface area contributed by atoms with Crippen LogP contribution >= 0.6 is 0 Å². The second-order valence-electron chi connectivity index (χ2n) is 8.97. The number of aliphatic hydroxyl groups excluding tert-OH is 1. The molecule has 7 nitrogen and oxygen atoms in total. The van der Waals surface area contributed by atoms with E-state index in [4.69, 9.17) is 14.2 Å². The molecule has 2 heterocycles. The molecule has 2 N–H and O–H groups in total. The predicted molar refractivity (Wildman–Crippen MR) is 118 cm³/mol. The number of benzene rings is 1. The summed E-state index contributed by atoms with van der Waals surface area (Å²) in [5, 5.41) is 13.8. The fourth-order valence-electron chi connectivity index (χ4n) is 4.24. The fourth-order valence-corrected chi connectivity index (χ4v) is 4.24. The molecule has 2 aliphatic rings. The molecule has 1 atom stereocenters. The van der Waals surface area contributed by atoms with E-state index < -0.39 is 6.10 Å².